The van der Waals surface area contributed by atoms with E-state index in [4.69, 9.17) is 16.7 Å². The first-order valence-corrected chi connectivity index (χ1v) is 5.09. The summed E-state index contributed by atoms with van der Waals surface area (Å²) < 4.78 is 0. The second-order valence-corrected chi connectivity index (χ2v) is 3.57. The Morgan fingerprint density at radius 1 is 1.31 bits per heavy atom. The zero-order chi connectivity index (χ0) is 11.4. The van der Waals surface area contributed by atoms with E-state index in [1.807, 2.05) is 12.1 Å². The fourth-order valence-electron chi connectivity index (χ4n) is 1.29. The topological polar surface area (TPSA) is 58.0 Å². The van der Waals surface area contributed by atoms with Crippen LogP contribution in [0.5, 0.6) is 0 Å². The smallest absolute Gasteiger partial charge is 0.131 e. The Kier molecular flexibility index (Phi) is 3.34. The fourth-order valence-corrected chi connectivity index (χ4v) is 1.45. The minimum Gasteiger partial charge on any atom is -0.392 e. The van der Waals surface area contributed by atoms with Crippen molar-refractivity contribution in [2.24, 2.45) is 0 Å². The summed E-state index contributed by atoms with van der Waals surface area (Å²) in [6, 6.07) is 5.33. The number of hydrogen-bond acceptors (Lipinski definition) is 4. The highest BCUT2D eigenvalue weighted by molar-refractivity contribution is 6.29. The minimum absolute atomic E-state index is 0.0857. The van der Waals surface area contributed by atoms with Gasteiger partial charge in [-0.1, -0.05) is 11.6 Å². The maximum atomic E-state index is 9.15. The molecule has 0 aliphatic rings. The number of nitrogens with one attached hydrogen (secondary N) is 1. The lowest BCUT2D eigenvalue weighted by Gasteiger charge is -2.10. The van der Waals surface area contributed by atoms with Crippen LogP contribution in [0.15, 0.2) is 36.8 Å². The highest BCUT2D eigenvalue weighted by Gasteiger charge is 2.03. The monoisotopic (exact) mass is 235 g/mol. The van der Waals surface area contributed by atoms with Crippen LogP contribution < -0.4 is 5.32 Å². The van der Waals surface area contributed by atoms with Crippen LogP contribution in [0.25, 0.3) is 0 Å². The van der Waals surface area contributed by atoms with Crippen molar-refractivity contribution in [2.75, 3.05) is 5.32 Å². The summed E-state index contributed by atoms with van der Waals surface area (Å²) in [6.45, 7) is -0.0857. The van der Waals surface area contributed by atoms with Crippen LogP contribution in [0.1, 0.15) is 5.56 Å². The average Bonchev–Trinajstić information content (AvgIpc) is 2.31. The quantitative estimate of drug-likeness (QED) is 0.802. The predicted octanol–water partition coefficient (Wildman–Crippen LogP) is 2.37. The zero-order valence-electron chi connectivity index (χ0n) is 8.39. The Morgan fingerprint density at radius 2 is 2.06 bits per heavy atom. The summed E-state index contributed by atoms with van der Waals surface area (Å²) in [5.41, 5.74) is 2.32. The number of pyridine rings is 2. The Bertz CT molecular complexity index is 476. The molecule has 0 unspecified atom stereocenters. The molecule has 2 heterocycles. The average molecular weight is 236 g/mol. The first-order chi connectivity index (χ1) is 7.79. The fraction of sp³-hybridized carbons (Fsp3) is 0.0909. The maximum absolute atomic E-state index is 9.15. The number of rotatable bonds is 3. The summed E-state index contributed by atoms with van der Waals surface area (Å²) in [5, 5.41) is 12.7. The Morgan fingerprint density at radius 3 is 2.75 bits per heavy atom. The van der Waals surface area contributed by atoms with Gasteiger partial charge in [0.2, 0.25) is 0 Å². The third-order valence-corrected chi connectivity index (χ3v) is 2.29. The molecule has 0 fully saturated rings. The summed E-state index contributed by atoms with van der Waals surface area (Å²) in [7, 11) is 0. The lowest BCUT2D eigenvalue weighted by atomic mass is 10.2. The van der Waals surface area contributed by atoms with Gasteiger partial charge in [-0.25, -0.2) is 4.98 Å². The van der Waals surface area contributed by atoms with Gasteiger partial charge in [-0.05, 0) is 18.2 Å². The van der Waals surface area contributed by atoms with E-state index in [0.29, 0.717) is 10.7 Å². The second kappa shape index (κ2) is 4.92. The molecule has 0 aromatic carbocycles. The number of hydrogen-bond donors (Lipinski definition) is 2. The van der Waals surface area contributed by atoms with E-state index in [1.165, 1.54) is 0 Å². The molecule has 2 N–H and O–H groups in total. The summed E-state index contributed by atoms with van der Waals surface area (Å²) >= 11 is 5.79. The number of aliphatic hydroxyl groups excluding tert-OH is 1. The van der Waals surface area contributed by atoms with Gasteiger partial charge >= 0.3 is 0 Å². The molecule has 0 atom stereocenters. The molecule has 0 aliphatic carbocycles. The van der Waals surface area contributed by atoms with Crippen LogP contribution in [-0.2, 0) is 6.61 Å². The van der Waals surface area contributed by atoms with E-state index >= 15 is 0 Å². The lowest BCUT2D eigenvalue weighted by molar-refractivity contribution is 0.282. The Hall–Kier alpha value is -1.65. The van der Waals surface area contributed by atoms with Crippen LogP contribution in [0.3, 0.4) is 0 Å². The molecule has 0 amide bonds. The van der Waals surface area contributed by atoms with Crippen LogP contribution in [-0.4, -0.2) is 15.1 Å². The number of aliphatic hydroxyl groups is 1. The molecule has 0 radical (unpaired) electrons. The van der Waals surface area contributed by atoms with Gasteiger partial charge < -0.3 is 10.4 Å². The van der Waals surface area contributed by atoms with Crippen molar-refractivity contribution in [3.8, 4) is 0 Å². The third-order valence-electron chi connectivity index (χ3n) is 2.08. The molecule has 2 rings (SSSR count). The molecule has 16 heavy (non-hydrogen) atoms. The van der Waals surface area contributed by atoms with Crippen molar-refractivity contribution in [3.05, 3.63) is 47.5 Å². The van der Waals surface area contributed by atoms with Gasteiger partial charge in [0.15, 0.2) is 0 Å². The minimum atomic E-state index is -0.0857. The van der Waals surface area contributed by atoms with Crippen LogP contribution >= 0.6 is 11.6 Å². The molecule has 2 aromatic rings. The van der Waals surface area contributed by atoms with Crippen LogP contribution in [0, 0.1) is 0 Å². The molecule has 2 aromatic heterocycles. The van der Waals surface area contributed by atoms with Crippen LogP contribution in [0.2, 0.25) is 5.15 Å². The number of aromatic nitrogens is 2. The maximum Gasteiger partial charge on any atom is 0.131 e. The normalized spacial score (nSPS) is 10.1. The second-order valence-electron chi connectivity index (χ2n) is 3.18. The van der Waals surface area contributed by atoms with E-state index in [9.17, 15) is 0 Å². The molecule has 0 bridgehead atoms. The highest BCUT2D eigenvalue weighted by atomic mass is 35.5. The third kappa shape index (κ3) is 2.48. The van der Waals surface area contributed by atoms with Gasteiger partial charge in [0.1, 0.15) is 5.15 Å². The highest BCUT2D eigenvalue weighted by Crippen LogP contribution is 2.22. The Balaban J connectivity index is 2.30. The van der Waals surface area contributed by atoms with Crippen LogP contribution in [0.4, 0.5) is 11.4 Å². The zero-order valence-corrected chi connectivity index (χ0v) is 9.15. The van der Waals surface area contributed by atoms with Gasteiger partial charge in [-0.15, -0.1) is 0 Å². The predicted molar refractivity (Wildman–Crippen MR) is 62.7 cm³/mol. The molecule has 0 saturated carbocycles. The molecule has 0 aliphatic heterocycles. The molecular weight excluding hydrogens is 226 g/mol. The molecule has 0 saturated heterocycles. The summed E-state index contributed by atoms with van der Waals surface area (Å²) in [6.07, 6.45) is 4.92. The van der Waals surface area contributed by atoms with E-state index in [2.05, 4.69) is 15.3 Å². The standard InChI is InChI=1S/C11H10ClN3O/c12-11-5-10(8(7-16)6-14-11)15-9-1-3-13-4-2-9/h1-6,16H,7H2,(H,13,14,15). The van der Waals surface area contributed by atoms with E-state index in [-0.39, 0.29) is 6.61 Å². The molecule has 5 heteroatoms. The number of halogens is 1. The first-order valence-electron chi connectivity index (χ1n) is 4.72. The largest absolute Gasteiger partial charge is 0.392 e. The molecule has 4 nitrogen and oxygen atoms in total. The Labute approximate surface area is 97.9 Å². The van der Waals surface area contributed by atoms with Crippen molar-refractivity contribution in [3.63, 3.8) is 0 Å². The van der Waals surface area contributed by atoms with Crippen molar-refractivity contribution < 1.29 is 5.11 Å². The molecular formula is C11H10ClN3O. The number of anilines is 2. The molecule has 82 valence electrons. The summed E-state index contributed by atoms with van der Waals surface area (Å²) in [5.74, 6) is 0. The molecule has 0 spiro atoms. The SMILES string of the molecule is OCc1cnc(Cl)cc1Nc1ccncc1. The van der Waals surface area contributed by atoms with E-state index < -0.39 is 0 Å². The van der Waals surface area contributed by atoms with Gasteiger partial charge in [0.05, 0.1) is 6.61 Å². The van der Waals surface area contributed by atoms with Gasteiger partial charge in [0, 0.05) is 35.5 Å². The van der Waals surface area contributed by atoms with Crippen molar-refractivity contribution in [1.29, 1.82) is 0 Å². The van der Waals surface area contributed by atoms with E-state index in [1.54, 1.807) is 24.7 Å². The first kappa shape index (κ1) is 10.9. The van der Waals surface area contributed by atoms with Gasteiger partial charge in [0.25, 0.3) is 0 Å². The lowest BCUT2D eigenvalue weighted by Crippen LogP contribution is -1.97. The van der Waals surface area contributed by atoms with Crippen molar-refractivity contribution in [1.82, 2.24) is 9.97 Å². The number of nitrogens with zero attached hydrogens (tertiary/aromatic N) is 2. The van der Waals surface area contributed by atoms with Gasteiger partial charge in [-0.3, -0.25) is 4.98 Å². The van der Waals surface area contributed by atoms with Crippen molar-refractivity contribution in [2.45, 2.75) is 6.61 Å². The van der Waals surface area contributed by atoms with Crippen molar-refractivity contribution >= 4 is 23.0 Å². The van der Waals surface area contributed by atoms with Gasteiger partial charge in [-0.2, -0.15) is 0 Å². The summed E-state index contributed by atoms with van der Waals surface area (Å²) in [4.78, 5) is 7.82. The van der Waals surface area contributed by atoms with E-state index in [0.717, 1.165) is 11.4 Å².